The van der Waals surface area contributed by atoms with Crippen molar-refractivity contribution in [3.8, 4) is 0 Å². The maximum atomic E-state index is 6.12. The lowest BCUT2D eigenvalue weighted by atomic mass is 10.2. The molecule has 0 unspecified atom stereocenters. The Morgan fingerprint density at radius 2 is 2.24 bits per heavy atom. The molecule has 1 aliphatic carbocycles. The molecule has 1 heterocycles. The molecule has 1 aromatic heterocycles. The van der Waals surface area contributed by atoms with E-state index in [1.165, 1.54) is 0 Å². The number of aromatic nitrogens is 1. The average Bonchev–Trinajstić information content (AvgIpc) is 2.87. The van der Waals surface area contributed by atoms with Crippen LogP contribution in [0.15, 0.2) is 22.6 Å². The van der Waals surface area contributed by atoms with Gasteiger partial charge in [-0.2, -0.15) is 0 Å². The van der Waals surface area contributed by atoms with E-state index >= 15 is 0 Å². The molecule has 0 radical (unpaired) electrons. The fourth-order valence-corrected chi connectivity index (χ4v) is 2.15. The number of aryl methyl sites for hydroxylation is 1. The first-order valence-corrected chi connectivity index (χ1v) is 5.93. The highest BCUT2D eigenvalue weighted by molar-refractivity contribution is 5.77. The van der Waals surface area contributed by atoms with E-state index in [1.54, 1.807) is 0 Å². The normalized spacial score (nSPS) is 17.4. The van der Waals surface area contributed by atoms with Crippen molar-refractivity contribution in [2.24, 2.45) is 5.73 Å². The summed E-state index contributed by atoms with van der Waals surface area (Å²) in [5.41, 5.74) is 9.04. The molecular formula is C13H17N3O. The fraction of sp³-hybridized carbons (Fsp3) is 0.462. The van der Waals surface area contributed by atoms with Crippen molar-refractivity contribution in [1.82, 2.24) is 4.98 Å². The zero-order valence-corrected chi connectivity index (χ0v) is 10.2. The van der Waals surface area contributed by atoms with Gasteiger partial charge in [-0.15, -0.1) is 0 Å². The third-order valence-electron chi connectivity index (χ3n) is 3.36. The summed E-state index contributed by atoms with van der Waals surface area (Å²) in [6, 6.07) is 6.09. The number of rotatable bonds is 3. The Morgan fingerprint density at radius 3 is 2.94 bits per heavy atom. The number of anilines is 1. The van der Waals surface area contributed by atoms with Crippen LogP contribution in [-0.2, 0) is 0 Å². The first kappa shape index (κ1) is 10.6. The van der Waals surface area contributed by atoms with E-state index in [0.717, 1.165) is 36.2 Å². The highest BCUT2D eigenvalue weighted by atomic mass is 16.3. The minimum absolute atomic E-state index is 0.0288. The predicted molar refractivity (Wildman–Crippen MR) is 68.2 cm³/mol. The molecular weight excluding hydrogens is 214 g/mol. The van der Waals surface area contributed by atoms with Crippen molar-refractivity contribution in [1.29, 1.82) is 0 Å². The zero-order valence-electron chi connectivity index (χ0n) is 10.2. The molecule has 1 aliphatic rings. The van der Waals surface area contributed by atoms with Gasteiger partial charge in [0.05, 0.1) is 0 Å². The van der Waals surface area contributed by atoms with Crippen LogP contribution in [0.4, 0.5) is 5.69 Å². The summed E-state index contributed by atoms with van der Waals surface area (Å²) in [5, 5.41) is 0. The molecule has 1 aromatic carbocycles. The van der Waals surface area contributed by atoms with Crippen LogP contribution in [0.5, 0.6) is 0 Å². The number of oxazole rings is 1. The molecule has 1 fully saturated rings. The van der Waals surface area contributed by atoms with Crippen molar-refractivity contribution >= 4 is 16.8 Å². The maximum Gasteiger partial charge on any atom is 0.192 e. The molecule has 17 heavy (non-hydrogen) atoms. The second-order valence-electron chi connectivity index (χ2n) is 5.10. The Kier molecular flexibility index (Phi) is 2.16. The van der Waals surface area contributed by atoms with Crippen molar-refractivity contribution in [2.45, 2.75) is 25.3 Å². The second kappa shape index (κ2) is 3.47. The average molecular weight is 231 g/mol. The van der Waals surface area contributed by atoms with Gasteiger partial charge in [-0.25, -0.2) is 4.98 Å². The van der Waals surface area contributed by atoms with E-state index in [1.807, 2.05) is 19.1 Å². The van der Waals surface area contributed by atoms with Crippen LogP contribution in [0, 0.1) is 6.92 Å². The smallest absolute Gasteiger partial charge is 0.192 e. The second-order valence-corrected chi connectivity index (χ2v) is 5.10. The van der Waals surface area contributed by atoms with Crippen LogP contribution in [0.3, 0.4) is 0 Å². The van der Waals surface area contributed by atoms with E-state index in [-0.39, 0.29) is 5.54 Å². The highest BCUT2D eigenvalue weighted by Gasteiger charge is 2.39. The molecule has 2 N–H and O–H groups in total. The Balaban J connectivity index is 1.88. The molecule has 4 nitrogen and oxygen atoms in total. The molecule has 1 saturated carbocycles. The van der Waals surface area contributed by atoms with Gasteiger partial charge in [-0.1, -0.05) is 0 Å². The molecule has 0 aliphatic heterocycles. The topological polar surface area (TPSA) is 55.3 Å². The Hall–Kier alpha value is -1.55. The summed E-state index contributed by atoms with van der Waals surface area (Å²) in [4.78, 5) is 6.48. The van der Waals surface area contributed by atoms with Crippen LogP contribution in [0.2, 0.25) is 0 Å². The summed E-state index contributed by atoms with van der Waals surface area (Å²) in [5.74, 6) is 0.706. The predicted octanol–water partition coefficient (Wildman–Crippen LogP) is 2.06. The molecule has 0 saturated heterocycles. The van der Waals surface area contributed by atoms with Gasteiger partial charge in [0, 0.05) is 37.8 Å². The number of hydrogen-bond donors (Lipinski definition) is 1. The summed E-state index contributed by atoms with van der Waals surface area (Å²) >= 11 is 0. The SMILES string of the molecule is Cc1nc2ccc(N(C)CC3(N)CC3)cc2o1. The van der Waals surface area contributed by atoms with Crippen molar-refractivity contribution < 1.29 is 4.42 Å². The van der Waals surface area contributed by atoms with Crippen LogP contribution in [-0.4, -0.2) is 24.1 Å². The summed E-state index contributed by atoms with van der Waals surface area (Å²) < 4.78 is 5.54. The molecule has 0 atom stereocenters. The summed E-state index contributed by atoms with van der Waals surface area (Å²) in [6.45, 7) is 2.76. The highest BCUT2D eigenvalue weighted by Crippen LogP contribution is 2.34. The quantitative estimate of drug-likeness (QED) is 0.878. The van der Waals surface area contributed by atoms with Crippen LogP contribution < -0.4 is 10.6 Å². The number of hydrogen-bond acceptors (Lipinski definition) is 4. The van der Waals surface area contributed by atoms with Gasteiger partial charge in [-0.3, -0.25) is 0 Å². The molecule has 0 spiro atoms. The largest absolute Gasteiger partial charge is 0.441 e. The van der Waals surface area contributed by atoms with Gasteiger partial charge >= 0.3 is 0 Å². The molecule has 90 valence electrons. The summed E-state index contributed by atoms with van der Waals surface area (Å²) in [6.07, 6.45) is 2.25. The molecule has 0 amide bonds. The van der Waals surface area contributed by atoms with Gasteiger partial charge in [-0.05, 0) is 25.0 Å². The van der Waals surface area contributed by atoms with E-state index in [0.29, 0.717) is 5.89 Å². The van der Waals surface area contributed by atoms with Crippen molar-refractivity contribution in [2.75, 3.05) is 18.5 Å². The standard InChI is InChI=1S/C13H17N3O/c1-9-15-11-4-3-10(7-12(11)17-9)16(2)8-13(14)5-6-13/h3-4,7H,5-6,8,14H2,1-2H3. The van der Waals surface area contributed by atoms with Crippen LogP contribution >= 0.6 is 0 Å². The number of nitrogens with zero attached hydrogens (tertiary/aromatic N) is 2. The fourth-order valence-electron chi connectivity index (χ4n) is 2.15. The first-order valence-electron chi connectivity index (χ1n) is 5.93. The lowest BCUT2D eigenvalue weighted by Gasteiger charge is -2.22. The van der Waals surface area contributed by atoms with E-state index in [9.17, 15) is 0 Å². The van der Waals surface area contributed by atoms with Crippen LogP contribution in [0.25, 0.3) is 11.1 Å². The zero-order chi connectivity index (χ0) is 12.0. The van der Waals surface area contributed by atoms with Gasteiger partial charge in [0.15, 0.2) is 11.5 Å². The lowest BCUT2D eigenvalue weighted by molar-refractivity contribution is 0.561. The minimum atomic E-state index is 0.0288. The van der Waals surface area contributed by atoms with Crippen molar-refractivity contribution in [3.63, 3.8) is 0 Å². The molecule has 4 heteroatoms. The number of nitrogens with two attached hydrogens (primary N) is 1. The first-order chi connectivity index (χ1) is 8.06. The molecule has 2 aromatic rings. The van der Waals surface area contributed by atoms with Gasteiger partial charge in [0.25, 0.3) is 0 Å². The van der Waals surface area contributed by atoms with Gasteiger partial charge in [0.1, 0.15) is 5.52 Å². The Bertz CT molecular complexity index is 557. The maximum absolute atomic E-state index is 6.12. The van der Waals surface area contributed by atoms with Gasteiger partial charge < -0.3 is 15.1 Å². The monoisotopic (exact) mass is 231 g/mol. The third kappa shape index (κ3) is 2.00. The third-order valence-corrected chi connectivity index (χ3v) is 3.36. The van der Waals surface area contributed by atoms with E-state index in [2.05, 4.69) is 23.0 Å². The molecule has 3 rings (SSSR count). The summed E-state index contributed by atoms with van der Waals surface area (Å²) in [7, 11) is 2.07. The number of benzene rings is 1. The van der Waals surface area contributed by atoms with E-state index in [4.69, 9.17) is 10.2 Å². The number of fused-ring (bicyclic) bond motifs is 1. The Morgan fingerprint density at radius 1 is 1.47 bits per heavy atom. The van der Waals surface area contributed by atoms with E-state index < -0.39 is 0 Å². The van der Waals surface area contributed by atoms with Crippen molar-refractivity contribution in [3.05, 3.63) is 24.1 Å². The van der Waals surface area contributed by atoms with Crippen LogP contribution in [0.1, 0.15) is 18.7 Å². The Labute approximate surface area is 100 Å². The lowest BCUT2D eigenvalue weighted by Crippen LogP contribution is -2.37. The minimum Gasteiger partial charge on any atom is -0.441 e. The number of likely N-dealkylation sites (N-methyl/N-ethyl adjacent to an activating group) is 1. The van der Waals surface area contributed by atoms with Gasteiger partial charge in [0.2, 0.25) is 0 Å². The molecule has 0 bridgehead atoms.